The molecule has 0 spiro atoms. The number of ether oxygens (including phenoxy) is 1. The standard InChI is InChI=1S/C17H16FN7O2/c1-20-12-7-10(5-6-13(12)27-9-26)22-17-21-8-11(18)16(25-17)24-15-4-2-3-14(19)23-15/h2-9,20H,1H3,(H4,19,21,22,23,24,25). The Labute approximate surface area is 153 Å². The van der Waals surface area contributed by atoms with Gasteiger partial charge in [0.2, 0.25) is 5.95 Å². The van der Waals surface area contributed by atoms with E-state index in [9.17, 15) is 9.18 Å². The zero-order valence-corrected chi connectivity index (χ0v) is 14.2. The molecule has 0 saturated carbocycles. The van der Waals surface area contributed by atoms with Crippen LogP contribution < -0.4 is 26.4 Å². The molecule has 2 aromatic heterocycles. The van der Waals surface area contributed by atoms with Crippen molar-refractivity contribution >= 4 is 41.2 Å². The molecule has 2 heterocycles. The van der Waals surface area contributed by atoms with Crippen LogP contribution in [-0.2, 0) is 4.79 Å². The lowest BCUT2D eigenvalue weighted by Crippen LogP contribution is -2.05. The Morgan fingerprint density at radius 3 is 2.78 bits per heavy atom. The Balaban J connectivity index is 1.82. The molecule has 0 unspecified atom stereocenters. The van der Waals surface area contributed by atoms with E-state index in [-0.39, 0.29) is 11.8 Å². The average Bonchev–Trinajstić information content (AvgIpc) is 2.66. The monoisotopic (exact) mass is 369 g/mol. The Bertz CT molecular complexity index is 968. The summed E-state index contributed by atoms with van der Waals surface area (Å²) in [5.74, 6) is 0.481. The van der Waals surface area contributed by atoms with Gasteiger partial charge in [-0.2, -0.15) is 4.98 Å². The summed E-state index contributed by atoms with van der Waals surface area (Å²) in [6.45, 7) is 0.342. The molecule has 0 bridgehead atoms. The van der Waals surface area contributed by atoms with Crippen LogP contribution in [0.4, 0.5) is 39.2 Å². The van der Waals surface area contributed by atoms with Gasteiger partial charge < -0.3 is 26.4 Å². The van der Waals surface area contributed by atoms with Gasteiger partial charge >= 0.3 is 0 Å². The van der Waals surface area contributed by atoms with E-state index in [4.69, 9.17) is 10.5 Å². The van der Waals surface area contributed by atoms with E-state index in [0.717, 1.165) is 6.20 Å². The van der Waals surface area contributed by atoms with Crippen LogP contribution in [0.1, 0.15) is 0 Å². The Kier molecular flexibility index (Phi) is 5.26. The van der Waals surface area contributed by atoms with E-state index < -0.39 is 5.82 Å². The zero-order valence-electron chi connectivity index (χ0n) is 14.2. The smallest absolute Gasteiger partial charge is 0.298 e. The third-order valence-corrected chi connectivity index (χ3v) is 3.44. The van der Waals surface area contributed by atoms with Gasteiger partial charge in [0.05, 0.1) is 11.9 Å². The summed E-state index contributed by atoms with van der Waals surface area (Å²) in [4.78, 5) is 22.6. The second kappa shape index (κ2) is 7.95. The van der Waals surface area contributed by atoms with Crippen LogP contribution in [0.25, 0.3) is 0 Å². The molecule has 1 aromatic carbocycles. The van der Waals surface area contributed by atoms with Crippen molar-refractivity contribution in [2.45, 2.75) is 0 Å². The number of carbonyl (C=O) groups is 1. The van der Waals surface area contributed by atoms with Gasteiger partial charge in [-0.15, -0.1) is 0 Å². The van der Waals surface area contributed by atoms with Crippen LogP contribution in [0.2, 0.25) is 0 Å². The predicted octanol–water partition coefficient (Wildman–Crippen LogP) is 2.66. The molecule has 0 aliphatic carbocycles. The Morgan fingerprint density at radius 1 is 1.19 bits per heavy atom. The fraction of sp³-hybridized carbons (Fsp3) is 0.0588. The third kappa shape index (κ3) is 4.37. The van der Waals surface area contributed by atoms with Gasteiger partial charge in [0.15, 0.2) is 17.4 Å². The second-order valence-corrected chi connectivity index (χ2v) is 5.26. The first kappa shape index (κ1) is 17.9. The molecule has 0 radical (unpaired) electrons. The normalized spacial score (nSPS) is 10.1. The predicted molar refractivity (Wildman–Crippen MR) is 99.9 cm³/mol. The van der Waals surface area contributed by atoms with Crippen molar-refractivity contribution in [3.63, 3.8) is 0 Å². The molecule has 27 heavy (non-hydrogen) atoms. The van der Waals surface area contributed by atoms with E-state index in [0.29, 0.717) is 35.2 Å². The number of nitrogens with one attached hydrogen (secondary N) is 3. The maximum absolute atomic E-state index is 14.0. The van der Waals surface area contributed by atoms with Gasteiger partial charge in [0, 0.05) is 12.7 Å². The highest BCUT2D eigenvalue weighted by Gasteiger charge is 2.10. The number of nitrogen functional groups attached to an aromatic ring is 1. The van der Waals surface area contributed by atoms with Gasteiger partial charge in [-0.25, -0.2) is 14.4 Å². The van der Waals surface area contributed by atoms with Crippen molar-refractivity contribution in [2.75, 3.05) is 28.7 Å². The molecule has 9 nitrogen and oxygen atoms in total. The summed E-state index contributed by atoms with van der Waals surface area (Å²) in [5.41, 5.74) is 6.80. The second-order valence-electron chi connectivity index (χ2n) is 5.26. The molecule has 0 saturated heterocycles. The first-order chi connectivity index (χ1) is 13.1. The van der Waals surface area contributed by atoms with E-state index in [2.05, 4.69) is 30.9 Å². The largest absolute Gasteiger partial charge is 0.427 e. The minimum atomic E-state index is -0.643. The summed E-state index contributed by atoms with van der Waals surface area (Å²) in [6.07, 6.45) is 1.03. The molecule has 0 amide bonds. The summed E-state index contributed by atoms with van der Waals surface area (Å²) in [5, 5.41) is 8.62. The van der Waals surface area contributed by atoms with E-state index >= 15 is 0 Å². The quantitative estimate of drug-likeness (QED) is 0.465. The summed E-state index contributed by atoms with van der Waals surface area (Å²) < 4.78 is 18.9. The number of nitrogens with two attached hydrogens (primary N) is 1. The highest BCUT2D eigenvalue weighted by Crippen LogP contribution is 2.28. The van der Waals surface area contributed by atoms with Crippen LogP contribution in [0.5, 0.6) is 5.75 Å². The Hall–Kier alpha value is -3.95. The lowest BCUT2D eigenvalue weighted by Gasteiger charge is -2.12. The number of carbonyl (C=O) groups excluding carboxylic acids is 1. The van der Waals surface area contributed by atoms with Gasteiger partial charge in [0.25, 0.3) is 6.47 Å². The maximum Gasteiger partial charge on any atom is 0.298 e. The molecular weight excluding hydrogens is 353 g/mol. The van der Waals surface area contributed by atoms with Crippen molar-refractivity contribution in [3.8, 4) is 5.75 Å². The summed E-state index contributed by atoms with van der Waals surface area (Å²) in [7, 11) is 1.69. The molecule has 0 fully saturated rings. The van der Waals surface area contributed by atoms with Crippen LogP contribution >= 0.6 is 0 Å². The van der Waals surface area contributed by atoms with Gasteiger partial charge in [-0.1, -0.05) is 6.07 Å². The summed E-state index contributed by atoms with van der Waals surface area (Å²) in [6, 6.07) is 9.89. The van der Waals surface area contributed by atoms with E-state index in [1.54, 1.807) is 43.4 Å². The topological polar surface area (TPSA) is 127 Å². The van der Waals surface area contributed by atoms with Crippen LogP contribution in [-0.4, -0.2) is 28.5 Å². The number of hydrogen-bond acceptors (Lipinski definition) is 9. The van der Waals surface area contributed by atoms with Crippen molar-refractivity contribution < 1.29 is 13.9 Å². The number of halogens is 1. The van der Waals surface area contributed by atoms with Crippen molar-refractivity contribution in [1.82, 2.24) is 15.0 Å². The molecular formula is C17H16FN7O2. The molecule has 3 rings (SSSR count). The SMILES string of the molecule is CNc1cc(Nc2ncc(F)c(Nc3cccc(N)n3)n2)ccc1OC=O. The maximum atomic E-state index is 14.0. The minimum absolute atomic E-state index is 0.0552. The van der Waals surface area contributed by atoms with Crippen molar-refractivity contribution in [2.24, 2.45) is 0 Å². The molecule has 3 aromatic rings. The fourth-order valence-corrected chi connectivity index (χ4v) is 2.24. The highest BCUT2D eigenvalue weighted by atomic mass is 19.1. The lowest BCUT2D eigenvalue weighted by molar-refractivity contribution is -0.120. The molecule has 0 aliphatic heterocycles. The lowest BCUT2D eigenvalue weighted by atomic mass is 10.2. The zero-order chi connectivity index (χ0) is 19.2. The highest BCUT2D eigenvalue weighted by molar-refractivity contribution is 5.69. The molecule has 0 atom stereocenters. The number of anilines is 6. The van der Waals surface area contributed by atoms with Crippen LogP contribution in [0.15, 0.2) is 42.6 Å². The Morgan fingerprint density at radius 2 is 2.04 bits per heavy atom. The average molecular weight is 369 g/mol. The van der Waals surface area contributed by atoms with Gasteiger partial charge in [-0.05, 0) is 30.3 Å². The number of rotatable bonds is 7. The van der Waals surface area contributed by atoms with E-state index in [1.165, 1.54) is 0 Å². The fourth-order valence-electron chi connectivity index (χ4n) is 2.24. The minimum Gasteiger partial charge on any atom is -0.427 e. The number of benzene rings is 1. The first-order valence-corrected chi connectivity index (χ1v) is 7.80. The third-order valence-electron chi connectivity index (χ3n) is 3.44. The number of hydrogen-bond donors (Lipinski definition) is 4. The number of nitrogens with zero attached hydrogens (tertiary/aromatic N) is 3. The van der Waals surface area contributed by atoms with Gasteiger partial charge in [-0.3, -0.25) is 4.79 Å². The van der Waals surface area contributed by atoms with Crippen LogP contribution in [0.3, 0.4) is 0 Å². The first-order valence-electron chi connectivity index (χ1n) is 7.80. The van der Waals surface area contributed by atoms with Gasteiger partial charge in [0.1, 0.15) is 11.6 Å². The summed E-state index contributed by atoms with van der Waals surface area (Å²) >= 11 is 0. The van der Waals surface area contributed by atoms with E-state index in [1.807, 2.05) is 0 Å². The van der Waals surface area contributed by atoms with Crippen molar-refractivity contribution in [1.29, 1.82) is 0 Å². The molecule has 0 aliphatic rings. The van der Waals surface area contributed by atoms with Crippen molar-refractivity contribution in [3.05, 3.63) is 48.4 Å². The molecule has 138 valence electrons. The van der Waals surface area contributed by atoms with Crippen LogP contribution in [0, 0.1) is 5.82 Å². The number of aromatic nitrogens is 3. The molecule has 10 heteroatoms. The number of pyridine rings is 1. The molecule has 5 N–H and O–H groups in total.